The normalized spacial score (nSPS) is 10.3. The Morgan fingerprint density at radius 2 is 1.81 bits per heavy atom. The van der Waals surface area contributed by atoms with Gasteiger partial charge in [-0.05, 0) is 28.9 Å². The van der Waals surface area contributed by atoms with Crippen LogP contribution in [0.15, 0.2) is 54.6 Å². The van der Waals surface area contributed by atoms with Gasteiger partial charge in [-0.15, -0.1) is 0 Å². The highest BCUT2D eigenvalue weighted by atomic mass is 32.2. The number of carbonyl (C=O) groups excluding carboxylic acids is 1. The summed E-state index contributed by atoms with van der Waals surface area (Å²) in [6, 6.07) is 18.9. The van der Waals surface area contributed by atoms with Crippen LogP contribution in [0.1, 0.15) is 18.4 Å². The zero-order valence-electron chi connectivity index (χ0n) is 11.8. The van der Waals surface area contributed by atoms with Crippen LogP contribution in [0, 0.1) is 0 Å². The number of thioether (sulfide) groups is 1. The number of hydroxylamine groups is 1. The third-order valence-corrected chi connectivity index (χ3v) is 4.23. The number of nitrogens with one attached hydrogen (secondary N) is 1. The lowest BCUT2D eigenvalue weighted by molar-refractivity contribution is -0.129. The van der Waals surface area contributed by atoms with E-state index in [1.165, 1.54) is 16.7 Å². The van der Waals surface area contributed by atoms with Crippen LogP contribution in [0.4, 0.5) is 0 Å². The van der Waals surface area contributed by atoms with Gasteiger partial charge in [-0.2, -0.15) is 11.8 Å². The van der Waals surface area contributed by atoms with E-state index in [1.807, 2.05) is 18.2 Å². The number of hydrogen-bond acceptors (Lipinski definition) is 3. The lowest BCUT2D eigenvalue weighted by Crippen LogP contribution is -2.18. The summed E-state index contributed by atoms with van der Waals surface area (Å²) in [7, 11) is 0. The predicted molar refractivity (Wildman–Crippen MR) is 87.2 cm³/mol. The van der Waals surface area contributed by atoms with E-state index in [-0.39, 0.29) is 5.91 Å². The summed E-state index contributed by atoms with van der Waals surface area (Å²) in [5.74, 6) is 1.52. The maximum atomic E-state index is 10.9. The molecule has 3 nitrogen and oxygen atoms in total. The molecule has 110 valence electrons. The Morgan fingerprint density at radius 3 is 2.57 bits per heavy atom. The number of carbonyl (C=O) groups is 1. The average molecular weight is 301 g/mol. The van der Waals surface area contributed by atoms with Crippen molar-refractivity contribution in [3.8, 4) is 11.1 Å². The molecule has 2 N–H and O–H groups in total. The van der Waals surface area contributed by atoms with Crippen molar-refractivity contribution < 1.29 is 10.0 Å². The number of benzene rings is 2. The first-order chi connectivity index (χ1) is 10.3. The molecule has 0 radical (unpaired) electrons. The van der Waals surface area contributed by atoms with Gasteiger partial charge in [0.05, 0.1) is 0 Å². The Hall–Kier alpha value is -1.78. The summed E-state index contributed by atoms with van der Waals surface area (Å²) in [6.07, 6.45) is 1.14. The minimum absolute atomic E-state index is 0.318. The molecule has 0 heterocycles. The van der Waals surface area contributed by atoms with E-state index in [0.717, 1.165) is 17.9 Å². The van der Waals surface area contributed by atoms with Gasteiger partial charge in [-0.1, -0.05) is 54.6 Å². The molecule has 4 heteroatoms. The standard InChI is InChI=1S/C17H19NO2S/c19-17(18-20)10-5-11-21-13-14-6-4-9-16(12-14)15-7-2-1-3-8-15/h1-4,6-9,12,20H,5,10-11,13H2,(H,18,19). The summed E-state index contributed by atoms with van der Waals surface area (Å²) in [4.78, 5) is 10.9. The SMILES string of the molecule is O=C(CCCSCc1cccc(-c2ccccc2)c1)NO. The van der Waals surface area contributed by atoms with Gasteiger partial charge < -0.3 is 0 Å². The monoisotopic (exact) mass is 301 g/mol. The highest BCUT2D eigenvalue weighted by Gasteiger charge is 2.01. The van der Waals surface area contributed by atoms with Crippen molar-refractivity contribution in [2.45, 2.75) is 18.6 Å². The highest BCUT2D eigenvalue weighted by Crippen LogP contribution is 2.22. The number of amides is 1. The molecule has 0 spiro atoms. The van der Waals surface area contributed by atoms with E-state index < -0.39 is 0 Å². The molecule has 0 aliphatic heterocycles. The molecule has 2 rings (SSSR count). The lowest BCUT2D eigenvalue weighted by atomic mass is 10.0. The first kappa shape index (κ1) is 15.6. The second-order valence-corrected chi connectivity index (χ2v) is 5.86. The Balaban J connectivity index is 1.83. The molecule has 1 amide bonds. The predicted octanol–water partition coefficient (Wildman–Crippen LogP) is 3.87. The highest BCUT2D eigenvalue weighted by molar-refractivity contribution is 7.98. The molecule has 0 unspecified atom stereocenters. The second kappa shape index (κ2) is 8.49. The van der Waals surface area contributed by atoms with E-state index in [4.69, 9.17) is 5.21 Å². The van der Waals surface area contributed by atoms with E-state index >= 15 is 0 Å². The molecule has 0 aliphatic rings. The minimum atomic E-state index is -0.318. The number of rotatable bonds is 7. The topological polar surface area (TPSA) is 49.3 Å². The zero-order chi connectivity index (χ0) is 14.9. The molecule has 2 aromatic carbocycles. The third kappa shape index (κ3) is 5.25. The third-order valence-electron chi connectivity index (χ3n) is 3.12. The maximum Gasteiger partial charge on any atom is 0.243 e. The molecule has 0 fully saturated rings. The van der Waals surface area contributed by atoms with Crippen LogP contribution >= 0.6 is 11.8 Å². The van der Waals surface area contributed by atoms with Crippen LogP contribution < -0.4 is 5.48 Å². The Kier molecular flexibility index (Phi) is 6.31. The summed E-state index contributed by atoms with van der Waals surface area (Å²) in [5.41, 5.74) is 5.39. The van der Waals surface area contributed by atoms with Gasteiger partial charge in [0, 0.05) is 12.2 Å². The van der Waals surface area contributed by atoms with E-state index in [2.05, 4.69) is 36.4 Å². The summed E-state index contributed by atoms with van der Waals surface area (Å²) >= 11 is 1.80. The smallest absolute Gasteiger partial charge is 0.243 e. The van der Waals surface area contributed by atoms with Crippen LogP contribution in [-0.2, 0) is 10.5 Å². The van der Waals surface area contributed by atoms with Crippen molar-refractivity contribution >= 4 is 17.7 Å². The molecule has 2 aromatic rings. The fraction of sp³-hybridized carbons (Fsp3) is 0.235. The molecular formula is C17H19NO2S. The van der Waals surface area contributed by atoms with Gasteiger partial charge in [0.25, 0.3) is 0 Å². The average Bonchev–Trinajstić information content (AvgIpc) is 2.55. The van der Waals surface area contributed by atoms with Gasteiger partial charge in [-0.25, -0.2) is 5.48 Å². The molecular weight excluding hydrogens is 282 g/mol. The number of hydrogen-bond donors (Lipinski definition) is 2. The fourth-order valence-electron chi connectivity index (χ4n) is 2.05. The first-order valence-corrected chi connectivity index (χ1v) is 8.10. The van der Waals surface area contributed by atoms with Crippen LogP contribution in [0.3, 0.4) is 0 Å². The summed E-state index contributed by atoms with van der Waals surface area (Å²) < 4.78 is 0. The zero-order valence-corrected chi connectivity index (χ0v) is 12.6. The van der Waals surface area contributed by atoms with E-state index in [9.17, 15) is 4.79 Å². The van der Waals surface area contributed by atoms with E-state index in [0.29, 0.717) is 6.42 Å². The van der Waals surface area contributed by atoms with E-state index in [1.54, 1.807) is 17.2 Å². The minimum Gasteiger partial charge on any atom is -0.289 e. The lowest BCUT2D eigenvalue weighted by Gasteiger charge is -2.06. The van der Waals surface area contributed by atoms with Crippen molar-refractivity contribution in [3.63, 3.8) is 0 Å². The van der Waals surface area contributed by atoms with Gasteiger partial charge in [0.2, 0.25) is 5.91 Å². The summed E-state index contributed by atoms with van der Waals surface area (Å²) in [5, 5.41) is 8.40. The largest absolute Gasteiger partial charge is 0.289 e. The fourth-order valence-corrected chi connectivity index (χ4v) is 2.96. The van der Waals surface area contributed by atoms with Gasteiger partial charge in [0.1, 0.15) is 0 Å². The molecule has 0 bridgehead atoms. The van der Waals surface area contributed by atoms with Gasteiger partial charge in [0.15, 0.2) is 0 Å². The Labute approximate surface area is 129 Å². The maximum absolute atomic E-state index is 10.9. The Morgan fingerprint density at radius 1 is 1.05 bits per heavy atom. The molecule has 0 saturated carbocycles. The second-order valence-electron chi connectivity index (χ2n) is 4.76. The van der Waals surface area contributed by atoms with Crippen molar-refractivity contribution in [1.29, 1.82) is 0 Å². The van der Waals surface area contributed by atoms with Crippen LogP contribution in [0.5, 0.6) is 0 Å². The Bertz CT molecular complexity index is 572. The molecule has 0 atom stereocenters. The quantitative estimate of drug-likeness (QED) is 0.463. The molecule has 0 aromatic heterocycles. The van der Waals surface area contributed by atoms with Crippen molar-refractivity contribution in [2.75, 3.05) is 5.75 Å². The molecule has 21 heavy (non-hydrogen) atoms. The van der Waals surface area contributed by atoms with Gasteiger partial charge >= 0.3 is 0 Å². The molecule has 0 aliphatic carbocycles. The van der Waals surface area contributed by atoms with Crippen molar-refractivity contribution in [3.05, 3.63) is 60.2 Å². The first-order valence-electron chi connectivity index (χ1n) is 6.94. The van der Waals surface area contributed by atoms with Crippen LogP contribution in [0.2, 0.25) is 0 Å². The van der Waals surface area contributed by atoms with Crippen molar-refractivity contribution in [1.82, 2.24) is 5.48 Å². The molecule has 0 saturated heterocycles. The van der Waals surface area contributed by atoms with Crippen molar-refractivity contribution in [2.24, 2.45) is 0 Å². The summed E-state index contributed by atoms with van der Waals surface area (Å²) in [6.45, 7) is 0. The van der Waals surface area contributed by atoms with Gasteiger partial charge in [-0.3, -0.25) is 10.0 Å². The van der Waals surface area contributed by atoms with Crippen LogP contribution in [0.25, 0.3) is 11.1 Å². The van der Waals surface area contributed by atoms with Crippen LogP contribution in [-0.4, -0.2) is 16.9 Å².